The minimum absolute atomic E-state index is 0.0761. The van der Waals surface area contributed by atoms with E-state index in [1.807, 2.05) is 6.92 Å². The van der Waals surface area contributed by atoms with E-state index in [1.54, 1.807) is 60.3 Å². The van der Waals surface area contributed by atoms with E-state index < -0.39 is 17.4 Å². The van der Waals surface area contributed by atoms with E-state index in [9.17, 15) is 14.4 Å². The van der Waals surface area contributed by atoms with Gasteiger partial charge in [-0.1, -0.05) is 36.2 Å². The van der Waals surface area contributed by atoms with E-state index in [0.29, 0.717) is 27.8 Å². The first kappa shape index (κ1) is 21.1. The number of aromatic amines is 1. The molecule has 158 valence electrons. The van der Waals surface area contributed by atoms with Gasteiger partial charge in [0.25, 0.3) is 17.2 Å². The van der Waals surface area contributed by atoms with Gasteiger partial charge in [0.1, 0.15) is 5.57 Å². The van der Waals surface area contributed by atoms with E-state index in [2.05, 4.69) is 5.10 Å². The molecule has 2 aromatic heterocycles. The summed E-state index contributed by atoms with van der Waals surface area (Å²) in [4.78, 5) is 41.0. The Morgan fingerprint density at radius 2 is 1.71 bits per heavy atom. The monoisotopic (exact) mass is 457 g/mol. The van der Waals surface area contributed by atoms with Crippen LogP contribution in [-0.2, 0) is 9.59 Å². The van der Waals surface area contributed by atoms with E-state index in [4.69, 9.17) is 23.2 Å². The highest BCUT2D eigenvalue weighted by Crippen LogP contribution is 2.30. The van der Waals surface area contributed by atoms with Crippen LogP contribution in [-0.4, -0.2) is 33.0 Å². The maximum atomic E-state index is 13.4. The fraction of sp³-hybridized carbons (Fsp3) is 0.182. The Labute approximate surface area is 188 Å². The SMILES string of the molecule is CCCN1C(=O)C(c2c(C)[nH]n(-c3ccc(Cl)c(Cl)c3)c2=O)=C([n+]2ccccc2)C1=O. The van der Waals surface area contributed by atoms with Gasteiger partial charge >= 0.3 is 5.91 Å². The topological polar surface area (TPSA) is 79.1 Å². The molecule has 2 amide bonds. The van der Waals surface area contributed by atoms with Gasteiger partial charge in [0.2, 0.25) is 0 Å². The molecule has 0 unspecified atom stereocenters. The summed E-state index contributed by atoms with van der Waals surface area (Å²) in [5.41, 5.74) is 0.839. The van der Waals surface area contributed by atoms with Gasteiger partial charge in [-0.25, -0.2) is 4.68 Å². The first-order valence-corrected chi connectivity index (χ1v) is 10.4. The quantitative estimate of drug-likeness (QED) is 0.471. The van der Waals surface area contributed by atoms with Crippen molar-refractivity contribution in [3.8, 4) is 5.69 Å². The standard InChI is InChI=1S/C22H18Cl2N4O3/c1-3-9-27-20(29)18(19(22(27)31)26-10-5-4-6-11-26)17-13(2)25-28(21(17)30)14-7-8-15(23)16(24)12-14/h4-8,10-12H,3,9H2,1-2H3/p+1. The Bertz CT molecular complexity index is 1290. The van der Waals surface area contributed by atoms with Crippen molar-refractivity contribution in [2.45, 2.75) is 20.3 Å². The zero-order chi connectivity index (χ0) is 22.3. The lowest BCUT2D eigenvalue weighted by atomic mass is 10.1. The summed E-state index contributed by atoms with van der Waals surface area (Å²) in [6.07, 6.45) is 3.96. The highest BCUT2D eigenvalue weighted by Gasteiger charge is 2.46. The molecule has 7 nitrogen and oxygen atoms in total. The molecule has 1 N–H and O–H groups in total. The van der Waals surface area contributed by atoms with E-state index in [1.165, 1.54) is 9.58 Å². The smallest absolute Gasteiger partial charge is 0.295 e. The predicted molar refractivity (Wildman–Crippen MR) is 118 cm³/mol. The molecule has 1 aliphatic heterocycles. The minimum Gasteiger partial charge on any atom is -0.295 e. The lowest BCUT2D eigenvalue weighted by Crippen LogP contribution is -2.39. The van der Waals surface area contributed by atoms with Crippen molar-refractivity contribution in [3.05, 3.63) is 80.4 Å². The van der Waals surface area contributed by atoms with Crippen LogP contribution in [0.5, 0.6) is 0 Å². The normalized spacial score (nSPS) is 14.1. The number of imide groups is 1. The van der Waals surface area contributed by atoms with Gasteiger partial charge in [-0.05, 0) is 31.5 Å². The molecular weight excluding hydrogens is 439 g/mol. The van der Waals surface area contributed by atoms with Gasteiger partial charge in [0.05, 0.1) is 21.3 Å². The number of hydrogen-bond acceptors (Lipinski definition) is 3. The lowest BCUT2D eigenvalue weighted by Gasteiger charge is -2.11. The summed E-state index contributed by atoms with van der Waals surface area (Å²) in [5.74, 6) is -0.919. The summed E-state index contributed by atoms with van der Waals surface area (Å²) in [6.45, 7) is 3.83. The molecule has 0 spiro atoms. The number of aryl methyl sites for hydroxylation is 1. The summed E-state index contributed by atoms with van der Waals surface area (Å²) in [6, 6.07) is 10.1. The fourth-order valence-corrected chi connectivity index (χ4v) is 3.94. The fourth-order valence-electron chi connectivity index (χ4n) is 3.65. The number of benzene rings is 1. The third-order valence-electron chi connectivity index (χ3n) is 5.05. The zero-order valence-electron chi connectivity index (χ0n) is 16.9. The van der Waals surface area contributed by atoms with Crippen LogP contribution in [0.4, 0.5) is 0 Å². The number of hydrogen-bond donors (Lipinski definition) is 1. The molecule has 31 heavy (non-hydrogen) atoms. The minimum atomic E-state index is -0.487. The van der Waals surface area contributed by atoms with Crippen molar-refractivity contribution >= 4 is 46.3 Å². The van der Waals surface area contributed by atoms with Crippen LogP contribution in [0, 0.1) is 6.92 Å². The molecule has 1 aromatic carbocycles. The molecule has 0 radical (unpaired) electrons. The number of pyridine rings is 1. The van der Waals surface area contributed by atoms with Crippen LogP contribution >= 0.6 is 23.2 Å². The van der Waals surface area contributed by atoms with Crippen molar-refractivity contribution < 1.29 is 14.2 Å². The Balaban J connectivity index is 1.96. The van der Waals surface area contributed by atoms with Gasteiger partial charge < -0.3 is 0 Å². The predicted octanol–water partition coefficient (Wildman–Crippen LogP) is 3.22. The van der Waals surface area contributed by atoms with Gasteiger partial charge in [-0.2, -0.15) is 4.57 Å². The molecule has 0 saturated carbocycles. The average molecular weight is 458 g/mol. The average Bonchev–Trinajstić information content (AvgIpc) is 3.18. The van der Waals surface area contributed by atoms with Crippen molar-refractivity contribution in [1.82, 2.24) is 14.7 Å². The van der Waals surface area contributed by atoms with E-state index in [0.717, 1.165) is 0 Å². The number of H-pyrrole nitrogens is 1. The maximum absolute atomic E-state index is 13.4. The van der Waals surface area contributed by atoms with Crippen LogP contribution in [0.2, 0.25) is 10.0 Å². The van der Waals surface area contributed by atoms with Crippen LogP contribution < -0.4 is 10.1 Å². The van der Waals surface area contributed by atoms with Crippen LogP contribution in [0.1, 0.15) is 24.6 Å². The molecule has 0 bridgehead atoms. The highest BCUT2D eigenvalue weighted by molar-refractivity contribution is 6.44. The van der Waals surface area contributed by atoms with Gasteiger partial charge in [-0.3, -0.25) is 24.4 Å². The third kappa shape index (κ3) is 3.49. The third-order valence-corrected chi connectivity index (χ3v) is 5.79. The maximum Gasteiger partial charge on any atom is 0.326 e. The second-order valence-corrected chi connectivity index (χ2v) is 7.93. The number of nitrogens with zero attached hydrogens (tertiary/aromatic N) is 3. The summed E-state index contributed by atoms with van der Waals surface area (Å²) < 4.78 is 2.86. The van der Waals surface area contributed by atoms with Gasteiger partial charge in [-0.15, -0.1) is 0 Å². The van der Waals surface area contributed by atoms with Crippen molar-refractivity contribution in [2.75, 3.05) is 6.54 Å². The lowest BCUT2D eigenvalue weighted by molar-refractivity contribution is -0.576. The number of aromatic nitrogens is 3. The first-order valence-electron chi connectivity index (χ1n) is 9.69. The van der Waals surface area contributed by atoms with Gasteiger partial charge in [0, 0.05) is 24.4 Å². The molecule has 0 fully saturated rings. The van der Waals surface area contributed by atoms with Crippen molar-refractivity contribution in [2.24, 2.45) is 0 Å². The van der Waals surface area contributed by atoms with Crippen molar-refractivity contribution in [1.29, 1.82) is 0 Å². The van der Waals surface area contributed by atoms with Gasteiger partial charge in [0.15, 0.2) is 12.4 Å². The molecule has 9 heteroatoms. The first-order chi connectivity index (χ1) is 14.8. The van der Waals surface area contributed by atoms with Crippen LogP contribution in [0.3, 0.4) is 0 Å². The Hall–Kier alpha value is -3.16. The summed E-state index contributed by atoms with van der Waals surface area (Å²) in [7, 11) is 0. The van der Waals surface area contributed by atoms with Crippen molar-refractivity contribution in [3.63, 3.8) is 0 Å². The van der Waals surface area contributed by atoms with E-state index >= 15 is 0 Å². The number of carbonyl (C=O) groups excluding carboxylic acids is 2. The number of nitrogens with one attached hydrogen (secondary N) is 1. The molecule has 4 rings (SSSR count). The van der Waals surface area contributed by atoms with E-state index in [-0.39, 0.29) is 23.4 Å². The summed E-state index contributed by atoms with van der Waals surface area (Å²) in [5, 5.41) is 3.64. The number of amides is 2. The number of halogens is 2. The largest absolute Gasteiger partial charge is 0.326 e. The number of carbonyl (C=O) groups is 2. The summed E-state index contributed by atoms with van der Waals surface area (Å²) >= 11 is 12.1. The van der Waals surface area contributed by atoms with Crippen LogP contribution in [0.15, 0.2) is 53.6 Å². The molecule has 0 aliphatic carbocycles. The molecule has 3 aromatic rings. The molecule has 0 saturated heterocycles. The van der Waals surface area contributed by atoms with Crippen LogP contribution in [0.25, 0.3) is 17.0 Å². The molecule has 3 heterocycles. The number of rotatable bonds is 5. The molecular formula is C22H19Cl2N4O3+. The Morgan fingerprint density at radius 3 is 2.35 bits per heavy atom. The molecule has 1 aliphatic rings. The highest BCUT2D eigenvalue weighted by atomic mass is 35.5. The Kier molecular flexibility index (Phi) is 5.56. The second kappa shape index (κ2) is 8.17. The Morgan fingerprint density at radius 1 is 1.00 bits per heavy atom. The molecule has 0 atom stereocenters. The zero-order valence-corrected chi connectivity index (χ0v) is 18.4. The second-order valence-electron chi connectivity index (χ2n) is 7.12.